The number of halogens is 1. The molecular formula is C25H30ClN5O2. The summed E-state index contributed by atoms with van der Waals surface area (Å²) in [4.78, 5) is 31.7. The zero-order valence-electron chi connectivity index (χ0n) is 18.8. The average molecular weight is 468 g/mol. The van der Waals surface area contributed by atoms with E-state index in [1.165, 1.54) is 12.8 Å². The third kappa shape index (κ3) is 5.13. The van der Waals surface area contributed by atoms with Gasteiger partial charge in [-0.25, -0.2) is 0 Å². The number of aromatic nitrogens is 2. The van der Waals surface area contributed by atoms with Gasteiger partial charge in [-0.1, -0.05) is 36.2 Å². The molecule has 0 radical (unpaired) electrons. The molecule has 0 unspecified atom stereocenters. The second-order valence-corrected chi connectivity index (χ2v) is 9.82. The van der Waals surface area contributed by atoms with Gasteiger partial charge < -0.3 is 14.7 Å². The third-order valence-corrected chi connectivity index (χ3v) is 7.35. The van der Waals surface area contributed by atoms with Gasteiger partial charge in [0.25, 0.3) is 0 Å². The first kappa shape index (κ1) is 22.1. The van der Waals surface area contributed by atoms with Gasteiger partial charge in [0.15, 0.2) is 5.82 Å². The summed E-state index contributed by atoms with van der Waals surface area (Å²) >= 11 is 6.27. The quantitative estimate of drug-likeness (QED) is 0.623. The van der Waals surface area contributed by atoms with Crippen LogP contribution in [0.5, 0.6) is 0 Å². The lowest BCUT2D eigenvalue weighted by Crippen LogP contribution is -2.53. The van der Waals surface area contributed by atoms with Crippen molar-refractivity contribution in [2.24, 2.45) is 11.8 Å². The highest BCUT2D eigenvalue weighted by Gasteiger charge is 2.35. The zero-order chi connectivity index (χ0) is 22.8. The van der Waals surface area contributed by atoms with E-state index in [-0.39, 0.29) is 24.3 Å². The van der Waals surface area contributed by atoms with E-state index in [0.29, 0.717) is 37.1 Å². The number of carbonyl (C=O) groups excluding carboxylic acids is 2. The fraction of sp³-hybridized carbons (Fsp3) is 0.520. The largest absolute Gasteiger partial charge is 0.352 e. The van der Waals surface area contributed by atoms with Gasteiger partial charge in [0.2, 0.25) is 11.8 Å². The van der Waals surface area contributed by atoms with Gasteiger partial charge >= 0.3 is 0 Å². The Morgan fingerprint density at radius 1 is 0.970 bits per heavy atom. The molecule has 1 aromatic heterocycles. The summed E-state index contributed by atoms with van der Waals surface area (Å²) in [5.74, 6) is 1.78. The van der Waals surface area contributed by atoms with Crippen LogP contribution in [0.4, 0.5) is 5.82 Å². The fourth-order valence-corrected chi connectivity index (χ4v) is 4.75. The van der Waals surface area contributed by atoms with E-state index in [2.05, 4.69) is 15.1 Å². The highest BCUT2D eigenvalue weighted by molar-refractivity contribution is 6.33. The standard InChI is InChI=1S/C25H30ClN5O2/c26-21-7-2-1-6-20(21)22-10-11-23(28-27-22)29-12-14-30(15-13-29)24(32)17-31(16-18-8-9-18)25(33)19-4-3-5-19/h1-2,6-7,10-11,18-19H,3-5,8-9,12-17H2. The molecule has 3 aliphatic rings. The first-order valence-electron chi connectivity index (χ1n) is 12.0. The number of rotatable bonds is 7. The fourth-order valence-electron chi connectivity index (χ4n) is 4.51. The van der Waals surface area contributed by atoms with Crippen molar-refractivity contribution < 1.29 is 9.59 Å². The van der Waals surface area contributed by atoms with E-state index in [4.69, 9.17) is 11.6 Å². The van der Waals surface area contributed by atoms with Crippen molar-refractivity contribution in [3.63, 3.8) is 0 Å². The Kier molecular flexibility index (Phi) is 6.49. The topological polar surface area (TPSA) is 69.6 Å². The second-order valence-electron chi connectivity index (χ2n) is 9.41. The first-order valence-corrected chi connectivity index (χ1v) is 12.4. The van der Waals surface area contributed by atoms with Crippen LogP contribution in [0, 0.1) is 11.8 Å². The lowest BCUT2D eigenvalue weighted by Gasteiger charge is -2.37. The Labute approximate surface area is 199 Å². The normalized spacial score (nSPS) is 18.7. The van der Waals surface area contributed by atoms with E-state index in [0.717, 1.165) is 42.9 Å². The van der Waals surface area contributed by atoms with Gasteiger partial charge in [-0.2, -0.15) is 0 Å². The van der Waals surface area contributed by atoms with Crippen LogP contribution < -0.4 is 4.90 Å². The Balaban J connectivity index is 1.16. The van der Waals surface area contributed by atoms with E-state index in [1.807, 2.05) is 46.2 Å². The zero-order valence-corrected chi connectivity index (χ0v) is 19.6. The molecule has 1 saturated heterocycles. The maximum atomic E-state index is 13.0. The van der Waals surface area contributed by atoms with Gasteiger partial charge in [0.1, 0.15) is 0 Å². The van der Waals surface area contributed by atoms with Crippen LogP contribution in [-0.4, -0.2) is 71.1 Å². The average Bonchev–Trinajstić information content (AvgIpc) is 3.62. The first-order chi connectivity index (χ1) is 16.1. The molecule has 2 aliphatic carbocycles. The molecule has 2 saturated carbocycles. The molecule has 2 heterocycles. The maximum Gasteiger partial charge on any atom is 0.242 e. The summed E-state index contributed by atoms with van der Waals surface area (Å²) in [6.45, 7) is 3.62. The van der Waals surface area contributed by atoms with E-state index in [9.17, 15) is 9.59 Å². The van der Waals surface area contributed by atoms with Crippen molar-refractivity contribution in [3.8, 4) is 11.3 Å². The molecule has 2 aromatic rings. The lowest BCUT2D eigenvalue weighted by atomic mass is 9.84. The Morgan fingerprint density at radius 3 is 2.33 bits per heavy atom. The van der Waals surface area contributed by atoms with E-state index in [1.54, 1.807) is 0 Å². The minimum absolute atomic E-state index is 0.0584. The number of nitrogens with zero attached hydrogens (tertiary/aromatic N) is 5. The van der Waals surface area contributed by atoms with Gasteiger partial charge in [0.05, 0.1) is 17.3 Å². The van der Waals surface area contributed by atoms with Crippen molar-refractivity contribution >= 4 is 29.2 Å². The Morgan fingerprint density at radius 2 is 1.73 bits per heavy atom. The van der Waals surface area contributed by atoms with Crippen LogP contribution in [0.3, 0.4) is 0 Å². The number of benzene rings is 1. The van der Waals surface area contributed by atoms with Crippen LogP contribution in [0.15, 0.2) is 36.4 Å². The SMILES string of the molecule is O=C(CN(CC1CC1)C(=O)C1CCC1)N1CCN(c2ccc(-c3ccccc3Cl)nn2)CC1. The van der Waals surface area contributed by atoms with Crippen molar-refractivity contribution in [1.29, 1.82) is 0 Å². The molecule has 2 amide bonds. The molecule has 174 valence electrons. The summed E-state index contributed by atoms with van der Waals surface area (Å²) in [7, 11) is 0. The van der Waals surface area contributed by atoms with Gasteiger partial charge in [-0.05, 0) is 49.8 Å². The molecule has 1 aliphatic heterocycles. The van der Waals surface area contributed by atoms with Gasteiger partial charge in [-0.3, -0.25) is 9.59 Å². The maximum absolute atomic E-state index is 13.0. The molecule has 0 spiro atoms. The van der Waals surface area contributed by atoms with Crippen molar-refractivity contribution in [2.75, 3.05) is 44.2 Å². The minimum Gasteiger partial charge on any atom is -0.352 e. The summed E-state index contributed by atoms with van der Waals surface area (Å²) in [6, 6.07) is 11.5. The van der Waals surface area contributed by atoms with Crippen LogP contribution in [0.2, 0.25) is 5.02 Å². The molecule has 0 bridgehead atoms. The van der Waals surface area contributed by atoms with Crippen LogP contribution >= 0.6 is 11.6 Å². The number of anilines is 1. The molecule has 1 aromatic carbocycles. The van der Waals surface area contributed by atoms with Crippen LogP contribution in [-0.2, 0) is 9.59 Å². The molecule has 5 rings (SSSR count). The monoisotopic (exact) mass is 467 g/mol. The molecule has 33 heavy (non-hydrogen) atoms. The minimum atomic E-state index is 0.0584. The predicted octanol–water partition coefficient (Wildman–Crippen LogP) is 3.48. The molecule has 3 fully saturated rings. The highest BCUT2D eigenvalue weighted by atomic mass is 35.5. The van der Waals surface area contributed by atoms with Gasteiger partial charge in [-0.15, -0.1) is 10.2 Å². The molecular weight excluding hydrogens is 438 g/mol. The number of carbonyl (C=O) groups is 2. The smallest absolute Gasteiger partial charge is 0.242 e. The molecule has 0 atom stereocenters. The van der Waals surface area contributed by atoms with Crippen molar-refractivity contribution in [3.05, 3.63) is 41.4 Å². The summed E-state index contributed by atoms with van der Waals surface area (Å²) in [5, 5.41) is 9.41. The van der Waals surface area contributed by atoms with Crippen LogP contribution in [0.1, 0.15) is 32.1 Å². The third-order valence-electron chi connectivity index (χ3n) is 7.02. The summed E-state index contributed by atoms with van der Waals surface area (Å²) in [5.41, 5.74) is 1.60. The molecule has 0 N–H and O–H groups in total. The molecule has 7 nitrogen and oxygen atoms in total. The van der Waals surface area contributed by atoms with E-state index < -0.39 is 0 Å². The highest BCUT2D eigenvalue weighted by Crippen LogP contribution is 2.33. The number of amides is 2. The number of hydrogen-bond donors (Lipinski definition) is 0. The van der Waals surface area contributed by atoms with Crippen molar-refractivity contribution in [1.82, 2.24) is 20.0 Å². The Hall–Kier alpha value is -2.67. The van der Waals surface area contributed by atoms with E-state index >= 15 is 0 Å². The second kappa shape index (κ2) is 9.67. The predicted molar refractivity (Wildman–Crippen MR) is 128 cm³/mol. The van der Waals surface area contributed by atoms with Crippen LogP contribution in [0.25, 0.3) is 11.3 Å². The number of hydrogen-bond acceptors (Lipinski definition) is 5. The molecule has 8 heteroatoms. The summed E-state index contributed by atoms with van der Waals surface area (Å²) in [6.07, 6.45) is 5.44. The lowest BCUT2D eigenvalue weighted by molar-refractivity contribution is -0.145. The summed E-state index contributed by atoms with van der Waals surface area (Å²) < 4.78 is 0. The van der Waals surface area contributed by atoms with Gasteiger partial charge in [0, 0.05) is 44.2 Å². The Bertz CT molecular complexity index is 998. The number of piperazine rings is 1. The van der Waals surface area contributed by atoms with Crippen molar-refractivity contribution in [2.45, 2.75) is 32.1 Å².